The van der Waals surface area contributed by atoms with Crippen molar-refractivity contribution in [2.45, 2.75) is 41.5 Å². The van der Waals surface area contributed by atoms with E-state index in [-0.39, 0.29) is 11.5 Å². The molecule has 1 aromatic rings. The minimum absolute atomic E-state index is 0.136. The molecule has 24 heavy (non-hydrogen) atoms. The standard InChI is InChI=1S/C20H29N3O/c1-14(2)11-23(12-15(3)4)13-18(10-21)20(24)22-19-9-7-8-16(5)17(19)6/h7-9,13-15H,11-12H2,1-6H3,(H,22,24)/b18-13-. The Kier molecular flexibility index (Phi) is 7.51. The number of carbonyl (C=O) groups is 1. The lowest BCUT2D eigenvalue weighted by atomic mass is 10.1. The van der Waals surface area contributed by atoms with Crippen LogP contribution < -0.4 is 5.32 Å². The molecule has 0 saturated heterocycles. The van der Waals surface area contributed by atoms with Gasteiger partial charge in [0.1, 0.15) is 11.6 Å². The van der Waals surface area contributed by atoms with E-state index < -0.39 is 0 Å². The predicted octanol–water partition coefficient (Wildman–Crippen LogP) is 4.26. The SMILES string of the molecule is Cc1cccc(NC(=O)/C(C#N)=C\N(CC(C)C)CC(C)C)c1C. The number of carbonyl (C=O) groups excluding carboxylic acids is 1. The zero-order chi connectivity index (χ0) is 18.3. The van der Waals surface area contributed by atoms with Crippen molar-refractivity contribution < 1.29 is 4.79 Å². The van der Waals surface area contributed by atoms with E-state index in [2.05, 4.69) is 37.9 Å². The molecule has 0 bridgehead atoms. The lowest BCUT2D eigenvalue weighted by molar-refractivity contribution is -0.112. The maximum Gasteiger partial charge on any atom is 0.267 e. The third kappa shape index (κ3) is 6.08. The molecule has 4 nitrogen and oxygen atoms in total. The van der Waals surface area contributed by atoms with Crippen LogP contribution in [-0.2, 0) is 4.79 Å². The number of nitrogens with one attached hydrogen (secondary N) is 1. The Balaban J connectivity index is 2.98. The highest BCUT2D eigenvalue weighted by molar-refractivity contribution is 6.06. The summed E-state index contributed by atoms with van der Waals surface area (Å²) in [5.41, 5.74) is 3.01. The largest absolute Gasteiger partial charge is 0.376 e. The molecule has 4 heteroatoms. The molecular formula is C20H29N3O. The van der Waals surface area contributed by atoms with Crippen molar-refractivity contribution in [2.75, 3.05) is 18.4 Å². The first-order valence-electron chi connectivity index (χ1n) is 8.48. The second kappa shape index (κ2) is 9.12. The van der Waals surface area contributed by atoms with Crippen LogP contribution in [-0.4, -0.2) is 23.9 Å². The Hall–Kier alpha value is -2.28. The summed E-state index contributed by atoms with van der Waals surface area (Å²) in [5.74, 6) is 0.563. The van der Waals surface area contributed by atoms with Gasteiger partial charge < -0.3 is 10.2 Å². The fourth-order valence-electron chi connectivity index (χ4n) is 2.51. The van der Waals surface area contributed by atoms with E-state index in [9.17, 15) is 10.1 Å². The zero-order valence-electron chi connectivity index (χ0n) is 15.7. The molecule has 1 rings (SSSR count). The van der Waals surface area contributed by atoms with Crippen LogP contribution in [0, 0.1) is 37.0 Å². The molecular weight excluding hydrogens is 298 g/mol. The first-order chi connectivity index (χ1) is 11.2. The Labute approximate surface area is 146 Å². The van der Waals surface area contributed by atoms with Gasteiger partial charge >= 0.3 is 0 Å². The van der Waals surface area contributed by atoms with Gasteiger partial charge in [0.15, 0.2) is 0 Å². The van der Waals surface area contributed by atoms with E-state index in [0.29, 0.717) is 11.8 Å². The van der Waals surface area contributed by atoms with Gasteiger partial charge in [0, 0.05) is 25.0 Å². The molecule has 130 valence electrons. The van der Waals surface area contributed by atoms with Gasteiger partial charge in [-0.25, -0.2) is 0 Å². The molecule has 1 N–H and O–H groups in total. The fraction of sp³-hybridized carbons (Fsp3) is 0.500. The van der Waals surface area contributed by atoms with E-state index >= 15 is 0 Å². The molecule has 0 aliphatic heterocycles. The van der Waals surface area contributed by atoms with Gasteiger partial charge in [-0.15, -0.1) is 0 Å². The van der Waals surface area contributed by atoms with Gasteiger partial charge in [0.25, 0.3) is 5.91 Å². The average molecular weight is 327 g/mol. The Morgan fingerprint density at radius 3 is 2.29 bits per heavy atom. The van der Waals surface area contributed by atoms with Gasteiger partial charge in [-0.05, 0) is 42.9 Å². The average Bonchev–Trinajstić information content (AvgIpc) is 2.47. The summed E-state index contributed by atoms with van der Waals surface area (Å²) in [5, 5.41) is 12.3. The third-order valence-corrected chi connectivity index (χ3v) is 3.73. The molecule has 0 spiro atoms. The first kappa shape index (κ1) is 19.8. The van der Waals surface area contributed by atoms with E-state index in [1.165, 1.54) is 0 Å². The quantitative estimate of drug-likeness (QED) is 0.601. The monoisotopic (exact) mass is 327 g/mol. The Morgan fingerprint density at radius 2 is 1.79 bits per heavy atom. The number of nitriles is 1. The predicted molar refractivity (Wildman–Crippen MR) is 99.5 cm³/mol. The summed E-state index contributed by atoms with van der Waals surface area (Å²) < 4.78 is 0. The summed E-state index contributed by atoms with van der Waals surface area (Å²) in [7, 11) is 0. The number of amides is 1. The lowest BCUT2D eigenvalue weighted by Gasteiger charge is -2.25. The second-order valence-corrected chi connectivity index (χ2v) is 7.10. The first-order valence-corrected chi connectivity index (χ1v) is 8.48. The van der Waals surface area contributed by atoms with Crippen LogP contribution in [0.15, 0.2) is 30.0 Å². The number of anilines is 1. The third-order valence-electron chi connectivity index (χ3n) is 3.73. The zero-order valence-corrected chi connectivity index (χ0v) is 15.7. The Morgan fingerprint density at radius 1 is 1.21 bits per heavy atom. The molecule has 0 radical (unpaired) electrons. The van der Waals surface area contributed by atoms with Crippen molar-refractivity contribution in [3.63, 3.8) is 0 Å². The van der Waals surface area contributed by atoms with Gasteiger partial charge in [-0.3, -0.25) is 4.79 Å². The maximum absolute atomic E-state index is 12.5. The molecule has 0 fully saturated rings. The van der Waals surface area contributed by atoms with Crippen molar-refractivity contribution in [3.05, 3.63) is 41.1 Å². The van der Waals surface area contributed by atoms with Gasteiger partial charge in [0.05, 0.1) is 0 Å². The van der Waals surface area contributed by atoms with Gasteiger partial charge in [-0.2, -0.15) is 5.26 Å². The molecule has 1 aromatic carbocycles. The topological polar surface area (TPSA) is 56.1 Å². The van der Waals surface area contributed by atoms with E-state index in [1.807, 2.05) is 38.1 Å². The molecule has 0 aromatic heterocycles. The summed E-state index contributed by atoms with van der Waals surface area (Å²) >= 11 is 0. The van der Waals surface area contributed by atoms with Crippen LogP contribution >= 0.6 is 0 Å². The van der Waals surface area contributed by atoms with Crippen molar-refractivity contribution in [1.82, 2.24) is 4.90 Å². The van der Waals surface area contributed by atoms with Crippen LogP contribution in [0.3, 0.4) is 0 Å². The highest BCUT2D eigenvalue weighted by Crippen LogP contribution is 2.19. The Bertz CT molecular complexity index is 629. The van der Waals surface area contributed by atoms with Crippen molar-refractivity contribution in [3.8, 4) is 6.07 Å². The number of hydrogen-bond donors (Lipinski definition) is 1. The summed E-state index contributed by atoms with van der Waals surface area (Å²) in [6.07, 6.45) is 1.69. The molecule has 1 amide bonds. The summed E-state index contributed by atoms with van der Waals surface area (Å²) in [6.45, 7) is 14.1. The van der Waals surface area contributed by atoms with E-state index in [0.717, 1.165) is 29.9 Å². The maximum atomic E-state index is 12.5. The number of benzene rings is 1. The number of aryl methyl sites for hydroxylation is 1. The van der Waals surface area contributed by atoms with Crippen LogP contribution in [0.2, 0.25) is 0 Å². The summed E-state index contributed by atoms with van der Waals surface area (Å²) in [4.78, 5) is 14.6. The smallest absolute Gasteiger partial charge is 0.267 e. The number of hydrogen-bond acceptors (Lipinski definition) is 3. The minimum atomic E-state index is -0.358. The van der Waals surface area contributed by atoms with Crippen LogP contribution in [0.4, 0.5) is 5.69 Å². The van der Waals surface area contributed by atoms with Crippen molar-refractivity contribution in [1.29, 1.82) is 5.26 Å². The lowest BCUT2D eigenvalue weighted by Crippen LogP contribution is -2.28. The van der Waals surface area contributed by atoms with Gasteiger partial charge in [0.2, 0.25) is 0 Å². The van der Waals surface area contributed by atoms with Crippen LogP contribution in [0.1, 0.15) is 38.8 Å². The fourth-order valence-corrected chi connectivity index (χ4v) is 2.51. The molecule has 0 unspecified atom stereocenters. The molecule has 0 saturated carbocycles. The van der Waals surface area contributed by atoms with Crippen LogP contribution in [0.5, 0.6) is 0 Å². The minimum Gasteiger partial charge on any atom is -0.376 e. The van der Waals surface area contributed by atoms with Crippen molar-refractivity contribution in [2.24, 2.45) is 11.8 Å². The molecule has 0 heterocycles. The molecule has 0 atom stereocenters. The highest BCUT2D eigenvalue weighted by Gasteiger charge is 2.14. The van der Waals surface area contributed by atoms with Crippen molar-refractivity contribution >= 4 is 11.6 Å². The normalized spacial score (nSPS) is 11.5. The molecule has 0 aliphatic carbocycles. The molecule has 0 aliphatic rings. The summed E-state index contributed by atoms with van der Waals surface area (Å²) in [6, 6.07) is 7.80. The van der Waals surface area contributed by atoms with Gasteiger partial charge in [-0.1, -0.05) is 39.8 Å². The number of rotatable bonds is 7. The van der Waals surface area contributed by atoms with Crippen LogP contribution in [0.25, 0.3) is 0 Å². The second-order valence-electron chi connectivity index (χ2n) is 7.10. The van der Waals surface area contributed by atoms with E-state index in [1.54, 1.807) is 6.20 Å². The number of nitrogens with zero attached hydrogens (tertiary/aromatic N) is 2. The highest BCUT2D eigenvalue weighted by atomic mass is 16.1. The van der Waals surface area contributed by atoms with E-state index in [4.69, 9.17) is 0 Å².